The van der Waals surface area contributed by atoms with Gasteiger partial charge in [0.15, 0.2) is 0 Å². The molecule has 6 nitrogen and oxygen atoms in total. The van der Waals surface area contributed by atoms with E-state index in [0.717, 1.165) is 29.5 Å². The molecule has 0 aliphatic rings. The Morgan fingerprint density at radius 1 is 0.833 bits per heavy atom. The number of amides is 2. The van der Waals surface area contributed by atoms with Gasteiger partial charge in [0.2, 0.25) is 11.8 Å². The van der Waals surface area contributed by atoms with Crippen LogP contribution in [0.1, 0.15) is 36.8 Å². The van der Waals surface area contributed by atoms with Crippen LogP contribution in [-0.2, 0) is 9.59 Å². The molecule has 212 valence electrons. The molecule has 0 unspecified atom stereocenters. The summed E-state index contributed by atoms with van der Waals surface area (Å²) < 4.78 is 15.3. The Morgan fingerprint density at radius 3 is 1.98 bits per heavy atom. The summed E-state index contributed by atoms with van der Waals surface area (Å²) in [6.07, 6.45) is 1.64. The molecule has 0 radical (unpaired) electrons. The number of benzene rings is 4. The molecule has 0 saturated carbocycles. The number of hydrogen-bond acceptors (Lipinski definition) is 3. The van der Waals surface area contributed by atoms with Crippen LogP contribution in [0.5, 0.6) is 0 Å². The molecule has 1 aromatic heterocycles. The third-order valence-corrected chi connectivity index (χ3v) is 7.06. The number of carbonyl (C=O) groups is 2. The first kappa shape index (κ1) is 28.5. The summed E-state index contributed by atoms with van der Waals surface area (Å²) in [5.41, 5.74) is 3.88. The van der Waals surface area contributed by atoms with Gasteiger partial charge in [-0.3, -0.25) is 9.59 Å². The number of aromatic nitrogens is 2. The van der Waals surface area contributed by atoms with Crippen LogP contribution < -0.4 is 5.32 Å². The lowest BCUT2D eigenvalue weighted by Crippen LogP contribution is -2.41. The van der Waals surface area contributed by atoms with Gasteiger partial charge in [0.05, 0.1) is 23.8 Å². The predicted octanol–water partition coefficient (Wildman–Crippen LogP) is 7.08. The second kappa shape index (κ2) is 13.5. The lowest BCUT2D eigenvalue weighted by Gasteiger charge is -2.27. The summed E-state index contributed by atoms with van der Waals surface area (Å²) in [5, 5.41) is 7.67. The number of halogens is 1. The van der Waals surface area contributed by atoms with Crippen molar-refractivity contribution in [2.75, 3.05) is 18.4 Å². The highest BCUT2D eigenvalue weighted by Gasteiger charge is 2.29. The van der Waals surface area contributed by atoms with E-state index in [0.29, 0.717) is 23.7 Å². The first-order chi connectivity index (χ1) is 20.5. The smallest absolute Gasteiger partial charge is 0.245 e. The average Bonchev–Trinajstić information content (AvgIpc) is 3.44. The highest BCUT2D eigenvalue weighted by atomic mass is 19.1. The standard InChI is InChI=1S/C35H33FN4O2/c1-2-3-23-39(35(42)34(27-15-9-5-10-16-27)28-17-11-6-12-18-28)25-33(41)37-32-24-31(26-13-7-4-8-14-26)38-40(32)30-21-19-29(36)20-22-30/h4-22,24,34H,2-3,23,25H2,1H3,(H,37,41). The van der Waals surface area contributed by atoms with E-state index < -0.39 is 5.92 Å². The van der Waals surface area contributed by atoms with Crippen molar-refractivity contribution in [1.29, 1.82) is 0 Å². The number of rotatable bonds is 11. The van der Waals surface area contributed by atoms with Gasteiger partial charge < -0.3 is 10.2 Å². The van der Waals surface area contributed by atoms with Gasteiger partial charge in [-0.25, -0.2) is 9.07 Å². The summed E-state index contributed by atoms with van der Waals surface area (Å²) in [5.74, 6) is -0.950. The molecule has 0 saturated heterocycles. The molecule has 42 heavy (non-hydrogen) atoms. The van der Waals surface area contributed by atoms with Gasteiger partial charge in [-0.1, -0.05) is 104 Å². The van der Waals surface area contributed by atoms with Crippen molar-refractivity contribution in [3.8, 4) is 16.9 Å². The van der Waals surface area contributed by atoms with E-state index in [1.165, 1.54) is 12.1 Å². The molecular weight excluding hydrogens is 527 g/mol. The molecule has 0 aliphatic carbocycles. The van der Waals surface area contributed by atoms with Crippen LogP contribution in [0.25, 0.3) is 16.9 Å². The summed E-state index contributed by atoms with van der Waals surface area (Å²) in [6.45, 7) is 2.39. The van der Waals surface area contributed by atoms with Crippen molar-refractivity contribution in [1.82, 2.24) is 14.7 Å². The summed E-state index contributed by atoms with van der Waals surface area (Å²) in [7, 11) is 0. The number of anilines is 1. The van der Waals surface area contributed by atoms with Gasteiger partial charge >= 0.3 is 0 Å². The molecule has 0 atom stereocenters. The zero-order chi connectivity index (χ0) is 29.3. The molecule has 2 amide bonds. The molecule has 0 spiro atoms. The Labute approximate surface area is 245 Å². The second-order valence-corrected chi connectivity index (χ2v) is 10.1. The second-order valence-electron chi connectivity index (χ2n) is 10.1. The third kappa shape index (κ3) is 6.81. The zero-order valence-corrected chi connectivity index (χ0v) is 23.5. The van der Waals surface area contributed by atoms with Crippen molar-refractivity contribution in [2.45, 2.75) is 25.7 Å². The highest BCUT2D eigenvalue weighted by Crippen LogP contribution is 2.28. The summed E-state index contributed by atoms with van der Waals surface area (Å²) in [6, 6.07) is 36.6. The number of unbranched alkanes of at least 4 members (excludes halogenated alkanes) is 1. The van der Waals surface area contributed by atoms with Crippen LogP contribution in [-0.4, -0.2) is 39.6 Å². The van der Waals surface area contributed by atoms with E-state index >= 15 is 0 Å². The van der Waals surface area contributed by atoms with E-state index in [1.807, 2.05) is 91.0 Å². The molecule has 0 aliphatic heterocycles. The van der Waals surface area contributed by atoms with Gasteiger partial charge in [0, 0.05) is 18.2 Å². The van der Waals surface area contributed by atoms with E-state index in [1.54, 1.807) is 27.8 Å². The number of nitrogens with one attached hydrogen (secondary N) is 1. The van der Waals surface area contributed by atoms with Gasteiger partial charge in [-0.15, -0.1) is 0 Å². The van der Waals surface area contributed by atoms with Gasteiger partial charge in [-0.2, -0.15) is 5.10 Å². The maximum Gasteiger partial charge on any atom is 0.245 e. The third-order valence-electron chi connectivity index (χ3n) is 7.06. The summed E-state index contributed by atoms with van der Waals surface area (Å²) >= 11 is 0. The first-order valence-corrected chi connectivity index (χ1v) is 14.1. The van der Waals surface area contributed by atoms with Crippen LogP contribution in [0.2, 0.25) is 0 Å². The molecule has 7 heteroatoms. The van der Waals surface area contributed by atoms with Crippen LogP contribution >= 0.6 is 0 Å². The van der Waals surface area contributed by atoms with E-state index in [9.17, 15) is 14.0 Å². The topological polar surface area (TPSA) is 67.2 Å². The quantitative estimate of drug-likeness (QED) is 0.188. The largest absolute Gasteiger partial charge is 0.333 e. The minimum atomic E-state index is -0.536. The van der Waals surface area contributed by atoms with Crippen molar-refractivity contribution in [3.05, 3.63) is 138 Å². The fourth-order valence-electron chi connectivity index (χ4n) is 4.92. The Kier molecular flexibility index (Phi) is 9.19. The normalized spacial score (nSPS) is 10.9. The number of nitrogens with zero attached hydrogens (tertiary/aromatic N) is 3. The Bertz CT molecular complexity index is 1560. The Hall–Kier alpha value is -5.04. The number of hydrogen-bond donors (Lipinski definition) is 1. The van der Waals surface area contributed by atoms with Gasteiger partial charge in [0.25, 0.3) is 0 Å². The molecule has 0 fully saturated rings. The zero-order valence-electron chi connectivity index (χ0n) is 23.5. The monoisotopic (exact) mass is 560 g/mol. The Balaban J connectivity index is 1.43. The van der Waals surface area contributed by atoms with Gasteiger partial charge in [-0.05, 0) is 41.8 Å². The molecule has 1 N–H and O–H groups in total. The van der Waals surface area contributed by atoms with E-state index in [4.69, 9.17) is 5.10 Å². The minimum Gasteiger partial charge on any atom is -0.333 e. The molecule has 5 rings (SSSR count). The van der Waals surface area contributed by atoms with Gasteiger partial charge in [0.1, 0.15) is 11.6 Å². The minimum absolute atomic E-state index is 0.121. The summed E-state index contributed by atoms with van der Waals surface area (Å²) in [4.78, 5) is 29.3. The molecular formula is C35H33FN4O2. The van der Waals surface area contributed by atoms with Crippen LogP contribution in [0.15, 0.2) is 121 Å². The van der Waals surface area contributed by atoms with Crippen LogP contribution in [0.3, 0.4) is 0 Å². The maximum absolute atomic E-state index is 14.1. The average molecular weight is 561 g/mol. The first-order valence-electron chi connectivity index (χ1n) is 14.1. The molecule has 1 heterocycles. The van der Waals surface area contributed by atoms with E-state index in [2.05, 4.69) is 12.2 Å². The fraction of sp³-hybridized carbons (Fsp3) is 0.171. The van der Waals surface area contributed by atoms with Crippen molar-refractivity contribution in [2.24, 2.45) is 0 Å². The van der Waals surface area contributed by atoms with Crippen molar-refractivity contribution < 1.29 is 14.0 Å². The molecule has 4 aromatic carbocycles. The fourth-order valence-corrected chi connectivity index (χ4v) is 4.92. The lowest BCUT2D eigenvalue weighted by molar-refractivity contribution is -0.135. The van der Waals surface area contributed by atoms with E-state index in [-0.39, 0.29) is 24.2 Å². The maximum atomic E-state index is 14.1. The lowest BCUT2D eigenvalue weighted by atomic mass is 9.90. The predicted molar refractivity (Wildman–Crippen MR) is 164 cm³/mol. The van der Waals surface area contributed by atoms with Crippen molar-refractivity contribution in [3.63, 3.8) is 0 Å². The molecule has 0 bridgehead atoms. The number of carbonyl (C=O) groups excluding carboxylic acids is 2. The SMILES string of the molecule is CCCCN(CC(=O)Nc1cc(-c2ccccc2)nn1-c1ccc(F)cc1)C(=O)C(c1ccccc1)c1ccccc1. The Morgan fingerprint density at radius 2 is 1.40 bits per heavy atom. The van der Waals surface area contributed by atoms with Crippen LogP contribution in [0, 0.1) is 5.82 Å². The highest BCUT2D eigenvalue weighted by molar-refractivity contribution is 5.96. The van der Waals surface area contributed by atoms with Crippen LogP contribution in [0.4, 0.5) is 10.2 Å². The van der Waals surface area contributed by atoms with Crippen molar-refractivity contribution >= 4 is 17.6 Å². The molecule has 5 aromatic rings.